The van der Waals surface area contributed by atoms with Crippen LogP contribution in [0.1, 0.15) is 36.2 Å². The van der Waals surface area contributed by atoms with Crippen molar-refractivity contribution in [2.45, 2.75) is 27.2 Å². The number of carbonyl (C=O) groups is 2. The molecule has 0 aliphatic heterocycles. The molecule has 1 amide bonds. The molecule has 4 nitrogen and oxygen atoms in total. The van der Waals surface area contributed by atoms with Gasteiger partial charge in [-0.25, -0.2) is 0 Å². The van der Waals surface area contributed by atoms with Gasteiger partial charge >= 0.3 is 5.97 Å². The van der Waals surface area contributed by atoms with Crippen LogP contribution in [0.5, 0.6) is 0 Å². The van der Waals surface area contributed by atoms with E-state index in [4.69, 9.17) is 16.7 Å². The van der Waals surface area contributed by atoms with Crippen LogP contribution in [0.25, 0.3) is 0 Å². The number of aliphatic carboxylic acids is 1. The average molecular weight is 284 g/mol. The largest absolute Gasteiger partial charge is 0.481 e. The van der Waals surface area contributed by atoms with E-state index in [0.717, 1.165) is 5.56 Å². The highest BCUT2D eigenvalue weighted by atomic mass is 35.5. The quantitative estimate of drug-likeness (QED) is 0.873. The minimum absolute atomic E-state index is 0.0713. The molecule has 1 aromatic rings. The molecule has 0 aromatic heterocycles. The second-order valence-electron chi connectivity index (χ2n) is 4.89. The molecule has 0 fully saturated rings. The maximum Gasteiger partial charge on any atom is 0.311 e. The molecule has 0 radical (unpaired) electrons. The van der Waals surface area contributed by atoms with Crippen LogP contribution in [0.3, 0.4) is 0 Å². The van der Waals surface area contributed by atoms with Crippen molar-refractivity contribution in [1.29, 1.82) is 0 Å². The molecule has 0 heterocycles. The Balaban J connectivity index is 2.78. The van der Waals surface area contributed by atoms with E-state index in [1.54, 1.807) is 32.0 Å². The van der Waals surface area contributed by atoms with Gasteiger partial charge in [0.1, 0.15) is 0 Å². The lowest BCUT2D eigenvalue weighted by molar-refractivity contribution is -0.147. The molecule has 1 rings (SSSR count). The van der Waals surface area contributed by atoms with E-state index in [1.165, 1.54) is 0 Å². The van der Waals surface area contributed by atoms with Crippen LogP contribution >= 0.6 is 11.6 Å². The molecule has 0 saturated heterocycles. The topological polar surface area (TPSA) is 66.4 Å². The highest BCUT2D eigenvalue weighted by Gasteiger charge is 2.31. The first-order valence-electron chi connectivity index (χ1n) is 6.08. The first kappa shape index (κ1) is 15.5. The Bertz CT molecular complexity index is 501. The van der Waals surface area contributed by atoms with Gasteiger partial charge in [0.2, 0.25) is 0 Å². The minimum atomic E-state index is -0.965. The predicted molar refractivity (Wildman–Crippen MR) is 74.6 cm³/mol. The molecular weight excluding hydrogens is 266 g/mol. The van der Waals surface area contributed by atoms with Gasteiger partial charge in [-0.15, -0.1) is 0 Å². The number of nitrogens with one attached hydrogen (secondary N) is 1. The maximum atomic E-state index is 12.0. The fraction of sp³-hybridized carbons (Fsp3) is 0.429. The van der Waals surface area contributed by atoms with Gasteiger partial charge in [0.25, 0.3) is 5.91 Å². The molecule has 19 heavy (non-hydrogen) atoms. The molecule has 2 N–H and O–H groups in total. The average Bonchev–Trinajstić information content (AvgIpc) is 2.35. The summed E-state index contributed by atoms with van der Waals surface area (Å²) in [5.41, 5.74) is 0.355. The van der Waals surface area contributed by atoms with E-state index in [9.17, 15) is 9.59 Å². The highest BCUT2D eigenvalue weighted by Crippen LogP contribution is 2.21. The number of hydrogen-bond donors (Lipinski definition) is 2. The highest BCUT2D eigenvalue weighted by molar-refractivity contribution is 6.33. The fourth-order valence-corrected chi connectivity index (χ4v) is 1.85. The summed E-state index contributed by atoms with van der Waals surface area (Å²) in [6, 6.07) is 5.13. The molecule has 104 valence electrons. The van der Waals surface area contributed by atoms with Crippen molar-refractivity contribution < 1.29 is 14.7 Å². The third kappa shape index (κ3) is 3.70. The molecule has 1 unspecified atom stereocenters. The summed E-state index contributed by atoms with van der Waals surface area (Å²) in [6.45, 7) is 5.33. The second kappa shape index (κ2) is 6.06. The fourth-order valence-electron chi connectivity index (χ4n) is 1.53. The van der Waals surface area contributed by atoms with Crippen molar-refractivity contribution in [3.63, 3.8) is 0 Å². The summed E-state index contributed by atoms with van der Waals surface area (Å²) in [5.74, 6) is -1.28. The SMILES string of the molecule is CCC(C)(CNC(=O)c1ccc(C)cc1Cl)C(=O)O. The van der Waals surface area contributed by atoms with Gasteiger partial charge in [-0.3, -0.25) is 9.59 Å². The number of benzene rings is 1. The third-order valence-electron chi connectivity index (χ3n) is 3.30. The van der Waals surface area contributed by atoms with Gasteiger partial charge in [-0.2, -0.15) is 0 Å². The van der Waals surface area contributed by atoms with Crippen LogP contribution in [-0.2, 0) is 4.79 Å². The van der Waals surface area contributed by atoms with Crippen LogP contribution in [-0.4, -0.2) is 23.5 Å². The monoisotopic (exact) mass is 283 g/mol. The van der Waals surface area contributed by atoms with Crippen molar-refractivity contribution >= 4 is 23.5 Å². The standard InChI is InChI=1S/C14H18ClNO3/c1-4-14(3,13(18)19)8-16-12(17)10-6-5-9(2)7-11(10)15/h5-7H,4,8H2,1-3H3,(H,16,17)(H,18,19). The number of halogens is 1. The van der Waals surface area contributed by atoms with E-state index < -0.39 is 11.4 Å². The van der Waals surface area contributed by atoms with Crippen molar-refractivity contribution in [3.05, 3.63) is 34.3 Å². The Morgan fingerprint density at radius 1 is 1.42 bits per heavy atom. The zero-order valence-electron chi connectivity index (χ0n) is 11.3. The first-order chi connectivity index (χ1) is 8.80. The van der Waals surface area contributed by atoms with Crippen LogP contribution in [0, 0.1) is 12.3 Å². The first-order valence-corrected chi connectivity index (χ1v) is 6.45. The van der Waals surface area contributed by atoms with Crippen molar-refractivity contribution in [3.8, 4) is 0 Å². The van der Waals surface area contributed by atoms with Gasteiger partial charge in [0, 0.05) is 6.54 Å². The maximum absolute atomic E-state index is 12.0. The predicted octanol–water partition coefficient (Wildman–Crippen LogP) is 2.88. The van der Waals surface area contributed by atoms with Gasteiger partial charge in [0.15, 0.2) is 0 Å². The second-order valence-corrected chi connectivity index (χ2v) is 5.29. The van der Waals surface area contributed by atoms with Crippen LogP contribution in [0.15, 0.2) is 18.2 Å². The summed E-state index contributed by atoms with van der Waals surface area (Å²) in [5, 5.41) is 12.1. The molecule has 1 atom stereocenters. The van der Waals surface area contributed by atoms with E-state index in [1.807, 2.05) is 6.92 Å². The molecule has 0 aliphatic rings. The molecular formula is C14H18ClNO3. The van der Waals surface area contributed by atoms with E-state index in [2.05, 4.69) is 5.32 Å². The van der Waals surface area contributed by atoms with E-state index >= 15 is 0 Å². The number of hydrogen-bond acceptors (Lipinski definition) is 2. The van der Waals surface area contributed by atoms with Crippen LogP contribution < -0.4 is 5.32 Å². The molecule has 5 heteroatoms. The Hall–Kier alpha value is -1.55. The van der Waals surface area contributed by atoms with Gasteiger partial charge in [-0.05, 0) is 38.0 Å². The van der Waals surface area contributed by atoms with Gasteiger partial charge < -0.3 is 10.4 Å². The lowest BCUT2D eigenvalue weighted by Gasteiger charge is -2.23. The van der Waals surface area contributed by atoms with Crippen LogP contribution in [0.2, 0.25) is 5.02 Å². The van der Waals surface area contributed by atoms with Crippen LogP contribution in [0.4, 0.5) is 0 Å². The van der Waals surface area contributed by atoms with Crippen molar-refractivity contribution in [2.24, 2.45) is 5.41 Å². The molecule has 0 saturated carbocycles. The van der Waals surface area contributed by atoms with Gasteiger partial charge in [-0.1, -0.05) is 24.6 Å². The summed E-state index contributed by atoms with van der Waals surface area (Å²) < 4.78 is 0. The number of carboxylic acids is 1. The van der Waals surface area contributed by atoms with E-state index in [0.29, 0.717) is 17.0 Å². The number of rotatable bonds is 5. The Morgan fingerprint density at radius 3 is 2.53 bits per heavy atom. The molecule has 0 spiro atoms. The number of amides is 1. The van der Waals surface area contributed by atoms with Crippen molar-refractivity contribution in [2.75, 3.05) is 6.54 Å². The molecule has 0 aliphatic carbocycles. The molecule has 0 bridgehead atoms. The number of aryl methyl sites for hydroxylation is 1. The summed E-state index contributed by atoms with van der Waals surface area (Å²) >= 11 is 5.99. The zero-order chi connectivity index (χ0) is 14.6. The minimum Gasteiger partial charge on any atom is -0.481 e. The van der Waals surface area contributed by atoms with Crippen molar-refractivity contribution in [1.82, 2.24) is 5.32 Å². The summed E-state index contributed by atoms with van der Waals surface area (Å²) in [4.78, 5) is 23.1. The van der Waals surface area contributed by atoms with E-state index in [-0.39, 0.29) is 12.5 Å². The Morgan fingerprint density at radius 2 is 2.05 bits per heavy atom. The normalized spacial score (nSPS) is 13.7. The molecule has 1 aromatic carbocycles. The Labute approximate surface area is 117 Å². The number of carboxylic acid groups (broad SMARTS) is 1. The summed E-state index contributed by atoms with van der Waals surface area (Å²) in [7, 11) is 0. The zero-order valence-corrected chi connectivity index (χ0v) is 12.0. The lowest BCUT2D eigenvalue weighted by Crippen LogP contribution is -2.40. The Kier molecular flexibility index (Phi) is 4.95. The smallest absolute Gasteiger partial charge is 0.311 e. The number of carbonyl (C=O) groups excluding carboxylic acids is 1. The summed E-state index contributed by atoms with van der Waals surface area (Å²) in [6.07, 6.45) is 0.435. The lowest BCUT2D eigenvalue weighted by atomic mass is 9.87. The van der Waals surface area contributed by atoms with Gasteiger partial charge in [0.05, 0.1) is 16.0 Å². The third-order valence-corrected chi connectivity index (χ3v) is 3.62.